The van der Waals surface area contributed by atoms with Crippen molar-refractivity contribution >= 4 is 21.8 Å². The van der Waals surface area contributed by atoms with Gasteiger partial charge in [-0.15, -0.1) is 0 Å². The molecular formula is C11H16N4O5S. The number of amides is 2. The van der Waals surface area contributed by atoms with E-state index in [-0.39, 0.29) is 24.6 Å². The van der Waals surface area contributed by atoms with Crippen LogP contribution < -0.4 is 5.32 Å². The molecule has 1 fully saturated rings. The number of hydrogen-bond donors (Lipinski definition) is 2. The summed E-state index contributed by atoms with van der Waals surface area (Å²) in [7, 11) is -1.46. The van der Waals surface area contributed by atoms with E-state index in [1.54, 1.807) is 7.05 Å². The molecule has 0 saturated carbocycles. The molecule has 1 aliphatic rings. The monoisotopic (exact) mass is 316 g/mol. The first kappa shape index (κ1) is 15.3. The Bertz CT molecular complexity index is 639. The van der Waals surface area contributed by atoms with Gasteiger partial charge in [-0.25, -0.2) is 18.0 Å². The molecule has 0 aliphatic carbocycles. The van der Waals surface area contributed by atoms with E-state index >= 15 is 0 Å². The normalized spacial score (nSPS) is 19.0. The summed E-state index contributed by atoms with van der Waals surface area (Å²) >= 11 is 0. The number of aliphatic carboxylic acids is 1. The average Bonchev–Trinajstić information content (AvgIpc) is 2.81. The van der Waals surface area contributed by atoms with Crippen LogP contribution in [-0.4, -0.2) is 64.8 Å². The van der Waals surface area contributed by atoms with Crippen molar-refractivity contribution in [2.24, 2.45) is 7.05 Å². The maximum Gasteiger partial charge on any atom is 0.331 e. The number of hydrogen-bond acceptors (Lipinski definition) is 5. The van der Waals surface area contributed by atoms with E-state index in [0.717, 1.165) is 0 Å². The Labute approximate surface area is 121 Å². The summed E-state index contributed by atoms with van der Waals surface area (Å²) in [6.07, 6.45) is 2.86. The van der Waals surface area contributed by atoms with E-state index in [1.807, 2.05) is 0 Å². The SMILES string of the molecule is Cn1cc(C(NC(=O)N2CCS(=O)(=O)CC2)C(=O)O)cn1. The van der Waals surface area contributed by atoms with Gasteiger partial charge >= 0.3 is 12.0 Å². The molecule has 0 spiro atoms. The third-order valence-electron chi connectivity index (χ3n) is 3.20. The Balaban J connectivity index is 2.04. The van der Waals surface area contributed by atoms with Gasteiger partial charge in [0.15, 0.2) is 15.9 Å². The lowest BCUT2D eigenvalue weighted by atomic mass is 10.1. The molecular weight excluding hydrogens is 300 g/mol. The molecule has 0 bridgehead atoms. The van der Waals surface area contributed by atoms with E-state index in [2.05, 4.69) is 10.4 Å². The quantitative estimate of drug-likeness (QED) is 0.736. The second-order valence-electron chi connectivity index (χ2n) is 4.81. The van der Waals surface area contributed by atoms with Crippen LogP contribution in [0.4, 0.5) is 4.79 Å². The largest absolute Gasteiger partial charge is 0.479 e. The third-order valence-corrected chi connectivity index (χ3v) is 4.81. The number of urea groups is 1. The van der Waals surface area contributed by atoms with Crippen LogP contribution in [0.1, 0.15) is 11.6 Å². The lowest BCUT2D eigenvalue weighted by Crippen LogP contribution is -2.49. The number of aryl methyl sites for hydroxylation is 1. The van der Waals surface area contributed by atoms with Crippen molar-refractivity contribution in [3.05, 3.63) is 18.0 Å². The number of nitrogens with zero attached hydrogens (tertiary/aromatic N) is 3. The molecule has 0 radical (unpaired) electrons. The maximum atomic E-state index is 12.0. The van der Waals surface area contributed by atoms with Gasteiger partial charge in [0.1, 0.15) is 0 Å². The van der Waals surface area contributed by atoms with E-state index < -0.39 is 27.9 Å². The molecule has 2 heterocycles. The Morgan fingerprint density at radius 1 is 1.38 bits per heavy atom. The zero-order chi connectivity index (χ0) is 15.6. The number of aromatic nitrogens is 2. The van der Waals surface area contributed by atoms with Crippen molar-refractivity contribution < 1.29 is 23.1 Å². The molecule has 116 valence electrons. The fourth-order valence-corrected chi connectivity index (χ4v) is 3.21. The maximum absolute atomic E-state index is 12.0. The van der Waals surface area contributed by atoms with Gasteiger partial charge in [-0.2, -0.15) is 5.10 Å². The minimum absolute atomic E-state index is 0.0630. The predicted molar refractivity (Wildman–Crippen MR) is 72.3 cm³/mol. The molecule has 0 aromatic carbocycles. The second-order valence-corrected chi connectivity index (χ2v) is 7.11. The van der Waals surface area contributed by atoms with E-state index in [0.29, 0.717) is 5.56 Å². The predicted octanol–water partition coefficient (Wildman–Crippen LogP) is -1.01. The number of carboxylic acids is 1. The number of carboxylic acid groups (broad SMARTS) is 1. The Morgan fingerprint density at radius 2 is 2.00 bits per heavy atom. The van der Waals surface area contributed by atoms with E-state index in [9.17, 15) is 23.1 Å². The first-order chi connectivity index (χ1) is 9.78. The highest BCUT2D eigenvalue weighted by atomic mass is 32.2. The van der Waals surface area contributed by atoms with E-state index in [4.69, 9.17) is 0 Å². The summed E-state index contributed by atoms with van der Waals surface area (Å²) < 4.78 is 24.1. The molecule has 1 aromatic heterocycles. The molecule has 9 nitrogen and oxygen atoms in total. The van der Waals surface area contributed by atoms with Gasteiger partial charge in [0.05, 0.1) is 17.7 Å². The minimum atomic E-state index is -3.09. The molecule has 2 amide bonds. The van der Waals surface area contributed by atoms with Crippen LogP contribution >= 0.6 is 0 Å². The van der Waals surface area contributed by atoms with Crippen LogP contribution in [0.2, 0.25) is 0 Å². The molecule has 21 heavy (non-hydrogen) atoms. The number of sulfone groups is 1. The molecule has 10 heteroatoms. The molecule has 1 unspecified atom stereocenters. The highest BCUT2D eigenvalue weighted by Crippen LogP contribution is 2.13. The number of carbonyl (C=O) groups excluding carboxylic acids is 1. The van der Waals surface area contributed by atoms with E-state index in [1.165, 1.54) is 22.0 Å². The summed E-state index contributed by atoms with van der Waals surface area (Å²) in [5.74, 6) is -1.42. The Kier molecular flexibility index (Phi) is 4.16. The van der Waals surface area contributed by atoms with Gasteiger partial charge in [0.25, 0.3) is 0 Å². The van der Waals surface area contributed by atoms with Crippen molar-refractivity contribution in [1.82, 2.24) is 20.0 Å². The van der Waals surface area contributed by atoms with Crippen molar-refractivity contribution in [3.63, 3.8) is 0 Å². The lowest BCUT2D eigenvalue weighted by Gasteiger charge is -2.28. The van der Waals surface area contributed by atoms with Crippen molar-refractivity contribution in [2.75, 3.05) is 24.6 Å². The van der Waals surface area contributed by atoms with Gasteiger partial charge in [-0.1, -0.05) is 0 Å². The zero-order valence-corrected chi connectivity index (χ0v) is 12.2. The Hall–Kier alpha value is -2.10. The number of rotatable bonds is 3. The molecule has 2 rings (SSSR count). The van der Waals surface area contributed by atoms with Crippen LogP contribution in [0.5, 0.6) is 0 Å². The second kappa shape index (κ2) is 5.72. The van der Waals surface area contributed by atoms with Gasteiger partial charge < -0.3 is 15.3 Å². The van der Waals surface area contributed by atoms with Gasteiger partial charge in [-0.3, -0.25) is 4.68 Å². The summed E-state index contributed by atoms with van der Waals surface area (Å²) in [5.41, 5.74) is 0.350. The summed E-state index contributed by atoms with van der Waals surface area (Å²) in [6.45, 7) is 0.126. The van der Waals surface area contributed by atoms with Crippen molar-refractivity contribution in [3.8, 4) is 0 Å². The summed E-state index contributed by atoms with van der Waals surface area (Å²) in [6, 6.07) is -1.81. The molecule has 1 aromatic rings. The van der Waals surface area contributed by atoms with Gasteiger partial charge in [0.2, 0.25) is 0 Å². The minimum Gasteiger partial charge on any atom is -0.479 e. The molecule has 1 saturated heterocycles. The van der Waals surface area contributed by atoms with Crippen LogP contribution in [0.3, 0.4) is 0 Å². The highest BCUT2D eigenvalue weighted by Gasteiger charge is 2.29. The van der Waals surface area contributed by atoms with Crippen LogP contribution in [-0.2, 0) is 21.7 Å². The van der Waals surface area contributed by atoms with Crippen LogP contribution in [0.25, 0.3) is 0 Å². The van der Waals surface area contributed by atoms with Crippen LogP contribution in [0.15, 0.2) is 12.4 Å². The molecule has 1 aliphatic heterocycles. The highest BCUT2D eigenvalue weighted by molar-refractivity contribution is 7.91. The van der Waals surface area contributed by atoms with Crippen LogP contribution in [0, 0.1) is 0 Å². The standard InChI is InChI=1S/C11H16N4O5S/c1-14-7-8(6-12-14)9(10(16)17)13-11(18)15-2-4-21(19,20)5-3-15/h6-7,9H,2-5H2,1H3,(H,13,18)(H,16,17). The Morgan fingerprint density at radius 3 is 2.48 bits per heavy atom. The van der Waals surface area contributed by atoms with Gasteiger partial charge in [0, 0.05) is 31.9 Å². The third kappa shape index (κ3) is 3.72. The first-order valence-corrected chi connectivity index (χ1v) is 8.08. The van der Waals surface area contributed by atoms with Crippen molar-refractivity contribution in [2.45, 2.75) is 6.04 Å². The van der Waals surface area contributed by atoms with Gasteiger partial charge in [-0.05, 0) is 0 Å². The van der Waals surface area contributed by atoms with Crippen molar-refractivity contribution in [1.29, 1.82) is 0 Å². The smallest absolute Gasteiger partial charge is 0.331 e. The average molecular weight is 316 g/mol. The lowest BCUT2D eigenvalue weighted by molar-refractivity contribution is -0.139. The first-order valence-electron chi connectivity index (χ1n) is 6.26. The zero-order valence-electron chi connectivity index (χ0n) is 11.4. The summed E-state index contributed by atoms with van der Waals surface area (Å²) in [5, 5.41) is 15.5. The summed E-state index contributed by atoms with van der Waals surface area (Å²) in [4.78, 5) is 24.6. The topological polar surface area (TPSA) is 122 Å². The molecule has 2 N–H and O–H groups in total. The molecule has 1 atom stereocenters. The fraction of sp³-hybridized carbons (Fsp3) is 0.545. The fourth-order valence-electron chi connectivity index (χ4n) is 2.01. The number of nitrogens with one attached hydrogen (secondary N) is 1. The number of carbonyl (C=O) groups is 2.